The van der Waals surface area contributed by atoms with Gasteiger partial charge in [-0.15, -0.1) is 0 Å². The van der Waals surface area contributed by atoms with E-state index in [1.54, 1.807) is 0 Å². The van der Waals surface area contributed by atoms with Crippen molar-refractivity contribution in [1.82, 2.24) is 0 Å². The molecule has 0 fully saturated rings. The highest BCUT2D eigenvalue weighted by molar-refractivity contribution is 7.85. The maximum atomic E-state index is 11.5. The second-order valence-electron chi connectivity index (χ2n) is 11.5. The summed E-state index contributed by atoms with van der Waals surface area (Å²) >= 11 is 0. The molecule has 0 spiro atoms. The summed E-state index contributed by atoms with van der Waals surface area (Å²) in [5.74, 6) is -0.544. The molecule has 36 heavy (non-hydrogen) atoms. The molecule has 1 unspecified atom stereocenters. The Kier molecular flexibility index (Phi) is 23.8. The van der Waals surface area contributed by atoms with Crippen molar-refractivity contribution in [3.8, 4) is 0 Å². The molecule has 0 saturated heterocycles. The number of aliphatic hydroxyl groups excluding tert-OH is 1. The topological polar surface area (TPSA) is 74.6 Å². The average Bonchev–Trinajstić information content (AvgIpc) is 2.81. The molecule has 0 aromatic carbocycles. The SMILES string of the molecule is CCCCCCCCC[N+](CCCCCCCCC)(CCCCCCCCC)CC(O)CS(=O)(=O)O. The fraction of sp³-hybridized carbons (Fsp3) is 1.00. The lowest BCUT2D eigenvalue weighted by molar-refractivity contribution is -0.931. The minimum atomic E-state index is -4.17. The Hall–Kier alpha value is -0.170. The van der Waals surface area contributed by atoms with E-state index in [1.165, 1.54) is 116 Å². The third-order valence-electron chi connectivity index (χ3n) is 7.71. The van der Waals surface area contributed by atoms with E-state index in [-0.39, 0.29) is 0 Å². The first-order valence-electron chi connectivity index (χ1n) is 15.8. The van der Waals surface area contributed by atoms with E-state index in [1.807, 2.05) is 0 Å². The van der Waals surface area contributed by atoms with Crippen molar-refractivity contribution in [1.29, 1.82) is 0 Å². The van der Waals surface area contributed by atoms with Crippen molar-refractivity contribution >= 4 is 10.1 Å². The van der Waals surface area contributed by atoms with E-state index in [0.717, 1.165) is 43.4 Å². The van der Waals surface area contributed by atoms with Crippen LogP contribution in [-0.4, -0.2) is 60.6 Å². The summed E-state index contributed by atoms with van der Waals surface area (Å²) in [4.78, 5) is 0. The Bertz CT molecular complexity index is 522. The number of unbranched alkanes of at least 4 members (excludes halogenated alkanes) is 18. The maximum absolute atomic E-state index is 11.5. The summed E-state index contributed by atoms with van der Waals surface area (Å²) in [5, 5.41) is 10.7. The fourth-order valence-electron chi connectivity index (χ4n) is 5.57. The van der Waals surface area contributed by atoms with Crippen LogP contribution in [0.15, 0.2) is 0 Å². The van der Waals surface area contributed by atoms with Gasteiger partial charge in [-0.1, -0.05) is 117 Å². The van der Waals surface area contributed by atoms with Gasteiger partial charge in [-0.2, -0.15) is 8.42 Å². The van der Waals surface area contributed by atoms with Crippen LogP contribution in [0.1, 0.15) is 156 Å². The van der Waals surface area contributed by atoms with Gasteiger partial charge in [0.1, 0.15) is 18.4 Å². The Balaban J connectivity index is 5.04. The van der Waals surface area contributed by atoms with E-state index < -0.39 is 22.0 Å². The molecule has 0 amide bonds. The van der Waals surface area contributed by atoms with E-state index in [9.17, 15) is 18.1 Å². The molecule has 0 bridgehead atoms. The third-order valence-corrected chi connectivity index (χ3v) is 8.52. The monoisotopic (exact) mass is 534 g/mol. The number of hydrogen-bond acceptors (Lipinski definition) is 3. The lowest BCUT2D eigenvalue weighted by atomic mass is 10.0. The third kappa shape index (κ3) is 23.0. The van der Waals surface area contributed by atoms with Gasteiger partial charge in [0.05, 0.1) is 19.6 Å². The first-order valence-corrected chi connectivity index (χ1v) is 17.4. The minimum absolute atomic E-state index is 0.446. The number of aliphatic hydroxyl groups is 1. The highest BCUT2D eigenvalue weighted by Gasteiger charge is 2.31. The second kappa shape index (κ2) is 23.9. The molecule has 0 rings (SSSR count). The fourth-order valence-corrected chi connectivity index (χ4v) is 6.16. The van der Waals surface area contributed by atoms with E-state index in [2.05, 4.69) is 20.8 Å². The molecule has 0 aromatic heterocycles. The first-order chi connectivity index (χ1) is 17.3. The Morgan fingerprint density at radius 1 is 0.528 bits per heavy atom. The van der Waals surface area contributed by atoms with Crippen molar-refractivity contribution < 1.29 is 22.6 Å². The van der Waals surface area contributed by atoms with Crippen LogP contribution in [0, 0.1) is 0 Å². The van der Waals surface area contributed by atoms with Crippen LogP contribution in [0.5, 0.6) is 0 Å². The normalized spacial score (nSPS) is 13.4. The van der Waals surface area contributed by atoms with Crippen molar-refractivity contribution in [2.45, 2.75) is 162 Å². The van der Waals surface area contributed by atoms with Crippen LogP contribution in [0.3, 0.4) is 0 Å². The summed E-state index contributed by atoms with van der Waals surface area (Å²) < 4.78 is 33.1. The van der Waals surface area contributed by atoms with Crippen LogP contribution in [-0.2, 0) is 10.1 Å². The van der Waals surface area contributed by atoms with Crippen molar-refractivity contribution in [3.63, 3.8) is 0 Å². The smallest absolute Gasteiger partial charge is 0.267 e. The summed E-state index contributed by atoms with van der Waals surface area (Å²) in [7, 11) is -4.17. The molecule has 5 nitrogen and oxygen atoms in total. The quantitative estimate of drug-likeness (QED) is 0.0601. The standard InChI is InChI=1S/C30H63NO4S/c1-4-7-10-13-16-19-22-25-31(28-30(32)29-36(33,34)35,26-23-20-17-14-11-8-5-2)27-24-21-18-15-12-9-6-3/h30,32H,4-29H2,1-3H3/p+1. The number of hydrogen-bond donors (Lipinski definition) is 2. The first kappa shape index (κ1) is 35.8. The van der Waals surface area contributed by atoms with Gasteiger partial charge in [0.15, 0.2) is 0 Å². The average molecular weight is 535 g/mol. The molecule has 0 aromatic rings. The summed E-state index contributed by atoms with van der Waals surface area (Å²) in [6, 6.07) is 0. The Morgan fingerprint density at radius 3 is 1.08 bits per heavy atom. The molecule has 0 saturated carbocycles. The highest BCUT2D eigenvalue weighted by atomic mass is 32.2. The lowest BCUT2D eigenvalue weighted by Gasteiger charge is -2.40. The Morgan fingerprint density at radius 2 is 0.806 bits per heavy atom. The van der Waals surface area contributed by atoms with E-state index >= 15 is 0 Å². The zero-order valence-electron chi connectivity index (χ0n) is 24.5. The number of nitrogens with zero attached hydrogens (tertiary/aromatic N) is 1. The summed E-state index contributed by atoms with van der Waals surface area (Å²) in [6.07, 6.45) is 25.5. The minimum Gasteiger partial charge on any atom is -0.386 e. The van der Waals surface area contributed by atoms with Gasteiger partial charge in [-0.05, 0) is 38.5 Å². The van der Waals surface area contributed by atoms with Crippen molar-refractivity contribution in [2.75, 3.05) is 31.9 Å². The van der Waals surface area contributed by atoms with Crippen LogP contribution >= 0.6 is 0 Å². The highest BCUT2D eigenvalue weighted by Crippen LogP contribution is 2.20. The molecule has 0 aliphatic rings. The molecule has 218 valence electrons. The zero-order chi connectivity index (χ0) is 27.0. The number of quaternary nitrogens is 1. The van der Waals surface area contributed by atoms with Crippen molar-refractivity contribution in [2.24, 2.45) is 0 Å². The predicted octanol–water partition coefficient (Wildman–Crippen LogP) is 8.30. The van der Waals surface area contributed by atoms with E-state index in [4.69, 9.17) is 0 Å². The predicted molar refractivity (Wildman–Crippen MR) is 156 cm³/mol. The molecule has 0 aliphatic heterocycles. The largest absolute Gasteiger partial charge is 0.386 e. The molecule has 1 atom stereocenters. The second-order valence-corrected chi connectivity index (χ2v) is 13.0. The van der Waals surface area contributed by atoms with Gasteiger partial charge in [0, 0.05) is 0 Å². The van der Waals surface area contributed by atoms with Gasteiger partial charge >= 0.3 is 0 Å². The van der Waals surface area contributed by atoms with Crippen molar-refractivity contribution in [3.05, 3.63) is 0 Å². The van der Waals surface area contributed by atoms with Crippen LogP contribution in [0.25, 0.3) is 0 Å². The molecule has 0 aliphatic carbocycles. The molecule has 0 radical (unpaired) electrons. The lowest BCUT2D eigenvalue weighted by Crippen LogP contribution is -2.55. The Labute approximate surface area is 226 Å². The molecular weight excluding hydrogens is 470 g/mol. The molecule has 2 N–H and O–H groups in total. The van der Waals surface area contributed by atoms with Gasteiger partial charge in [-0.25, -0.2) is 0 Å². The van der Waals surface area contributed by atoms with Gasteiger partial charge < -0.3 is 9.59 Å². The molecule has 0 heterocycles. The summed E-state index contributed by atoms with van der Waals surface area (Å²) in [6.45, 7) is 10.2. The maximum Gasteiger partial charge on any atom is 0.267 e. The number of rotatable bonds is 28. The van der Waals surface area contributed by atoms with Gasteiger partial charge in [0.2, 0.25) is 0 Å². The van der Waals surface area contributed by atoms with Crippen LogP contribution < -0.4 is 0 Å². The van der Waals surface area contributed by atoms with Crippen LogP contribution in [0.4, 0.5) is 0 Å². The molecular formula is C30H64NO4S+. The van der Waals surface area contributed by atoms with E-state index in [0.29, 0.717) is 6.54 Å². The van der Waals surface area contributed by atoms with Gasteiger partial charge in [0.25, 0.3) is 10.1 Å². The van der Waals surface area contributed by atoms with Crippen LogP contribution in [0.2, 0.25) is 0 Å². The molecule has 6 heteroatoms. The van der Waals surface area contributed by atoms with Gasteiger partial charge in [-0.3, -0.25) is 4.55 Å². The summed E-state index contributed by atoms with van der Waals surface area (Å²) in [5.41, 5.74) is 0. The zero-order valence-corrected chi connectivity index (χ0v) is 25.3.